The van der Waals surface area contributed by atoms with Gasteiger partial charge in [0.05, 0.1) is 16.9 Å². The Hall–Kier alpha value is -1.60. The average Bonchev–Trinajstić information content (AvgIpc) is 2.28. The zero-order valence-electron chi connectivity index (χ0n) is 12.9. The van der Waals surface area contributed by atoms with Crippen molar-refractivity contribution in [3.63, 3.8) is 0 Å². The molecule has 4 nitrogen and oxygen atoms in total. The average molecular weight is 260 g/mol. The third-order valence-corrected chi connectivity index (χ3v) is 3.23. The number of nitrogens with zero attached hydrogens (tertiary/aromatic N) is 4. The number of hydrogen-bond acceptors (Lipinski definition) is 4. The first-order chi connectivity index (χ1) is 8.90. The monoisotopic (exact) mass is 260 g/mol. The van der Waals surface area contributed by atoms with Crippen molar-refractivity contribution in [1.29, 1.82) is 5.26 Å². The lowest BCUT2D eigenvalue weighted by atomic mass is 10.1. The summed E-state index contributed by atoms with van der Waals surface area (Å²) < 4.78 is 0. The van der Waals surface area contributed by atoms with E-state index in [9.17, 15) is 5.26 Å². The highest BCUT2D eigenvalue weighted by atomic mass is 15.2. The summed E-state index contributed by atoms with van der Waals surface area (Å²) in [5.74, 6) is 0. The molecule has 0 aliphatic rings. The molecule has 1 aromatic heterocycles. The maximum atomic E-state index is 9.37. The number of rotatable bonds is 5. The molecule has 0 amide bonds. The van der Waals surface area contributed by atoms with Gasteiger partial charge in [0, 0.05) is 24.8 Å². The minimum Gasteiger partial charge on any atom is -0.367 e. The van der Waals surface area contributed by atoms with Gasteiger partial charge in [-0.25, -0.2) is 0 Å². The molecule has 4 heteroatoms. The summed E-state index contributed by atoms with van der Waals surface area (Å²) in [6.45, 7) is 10.0. The molecule has 0 saturated heterocycles. The van der Waals surface area contributed by atoms with E-state index in [-0.39, 0.29) is 0 Å². The number of nitriles is 1. The number of anilines is 1. The normalized spacial score (nSPS) is 12.3. The summed E-state index contributed by atoms with van der Waals surface area (Å²) in [5.41, 5.74) is 3.47. The number of likely N-dealkylation sites (N-methyl/N-ethyl adjacent to an activating group) is 2. The number of aromatic nitrogens is 1. The van der Waals surface area contributed by atoms with E-state index in [2.05, 4.69) is 48.8 Å². The van der Waals surface area contributed by atoms with Gasteiger partial charge in [0.2, 0.25) is 0 Å². The molecule has 19 heavy (non-hydrogen) atoms. The molecule has 1 unspecified atom stereocenters. The highest BCUT2D eigenvalue weighted by Gasteiger charge is 2.19. The van der Waals surface area contributed by atoms with Crippen LogP contribution in [0.4, 0.5) is 5.69 Å². The topological polar surface area (TPSA) is 43.2 Å². The van der Waals surface area contributed by atoms with Crippen molar-refractivity contribution in [2.45, 2.75) is 33.7 Å². The minimum absolute atomic E-state index is 0.355. The Morgan fingerprint density at radius 3 is 2.47 bits per heavy atom. The Morgan fingerprint density at radius 1 is 1.37 bits per heavy atom. The lowest BCUT2D eigenvalue weighted by Gasteiger charge is -2.33. The van der Waals surface area contributed by atoms with Gasteiger partial charge in [-0.2, -0.15) is 5.26 Å². The van der Waals surface area contributed by atoms with Gasteiger partial charge >= 0.3 is 0 Å². The van der Waals surface area contributed by atoms with Gasteiger partial charge in [-0.15, -0.1) is 0 Å². The molecule has 0 saturated carbocycles. The van der Waals surface area contributed by atoms with Crippen molar-refractivity contribution in [1.82, 2.24) is 9.88 Å². The molecule has 1 aromatic rings. The van der Waals surface area contributed by atoms with Crippen molar-refractivity contribution >= 4 is 5.69 Å². The first kappa shape index (κ1) is 15.5. The third kappa shape index (κ3) is 3.68. The van der Waals surface area contributed by atoms with Crippen LogP contribution >= 0.6 is 0 Å². The first-order valence-corrected chi connectivity index (χ1v) is 6.70. The highest BCUT2D eigenvalue weighted by molar-refractivity contribution is 5.62. The molecule has 104 valence electrons. The van der Waals surface area contributed by atoms with E-state index in [1.807, 2.05) is 19.9 Å². The Kier molecular flexibility index (Phi) is 5.31. The Balaban J connectivity index is 3.21. The van der Waals surface area contributed by atoms with Crippen molar-refractivity contribution in [3.05, 3.63) is 23.0 Å². The quantitative estimate of drug-likeness (QED) is 0.815. The Labute approximate surface area is 116 Å². The molecule has 0 aliphatic carbocycles. The molecule has 0 aromatic carbocycles. The summed E-state index contributed by atoms with van der Waals surface area (Å²) in [7, 11) is 4.14. The first-order valence-electron chi connectivity index (χ1n) is 6.70. The van der Waals surface area contributed by atoms with Crippen LogP contribution < -0.4 is 4.90 Å². The smallest absolute Gasteiger partial charge is 0.103 e. The second-order valence-corrected chi connectivity index (χ2v) is 5.25. The fourth-order valence-corrected chi connectivity index (χ4v) is 2.52. The van der Waals surface area contributed by atoms with Gasteiger partial charge in [-0.1, -0.05) is 0 Å². The molecule has 1 rings (SSSR count). The van der Waals surface area contributed by atoms with Crippen LogP contribution in [0.2, 0.25) is 0 Å². The van der Waals surface area contributed by atoms with Crippen molar-refractivity contribution in [2.24, 2.45) is 0 Å². The molecule has 0 radical (unpaired) electrons. The van der Waals surface area contributed by atoms with Crippen molar-refractivity contribution < 1.29 is 0 Å². The second-order valence-electron chi connectivity index (χ2n) is 5.25. The molecule has 0 N–H and O–H groups in total. The Bertz CT molecular complexity index is 474. The van der Waals surface area contributed by atoms with Gasteiger partial charge in [0.15, 0.2) is 0 Å². The lowest BCUT2D eigenvalue weighted by molar-refractivity contribution is 0.373. The highest BCUT2D eigenvalue weighted by Crippen LogP contribution is 2.25. The van der Waals surface area contributed by atoms with Crippen LogP contribution in [-0.2, 0) is 0 Å². The molecule has 1 heterocycles. The lowest BCUT2D eigenvalue weighted by Crippen LogP contribution is -2.40. The SMILES string of the molecule is CCN(c1cc(C)nc(C)c1C#N)C(C)CN(C)C. The molecule has 0 aliphatic heterocycles. The molecular weight excluding hydrogens is 236 g/mol. The van der Waals surface area contributed by atoms with Gasteiger partial charge in [0.1, 0.15) is 6.07 Å². The summed E-state index contributed by atoms with van der Waals surface area (Å²) in [5, 5.41) is 9.37. The summed E-state index contributed by atoms with van der Waals surface area (Å²) >= 11 is 0. The second kappa shape index (κ2) is 6.53. The van der Waals surface area contributed by atoms with E-state index in [1.165, 1.54) is 0 Å². The molecule has 0 fully saturated rings. The van der Waals surface area contributed by atoms with Gasteiger partial charge in [-0.3, -0.25) is 4.98 Å². The van der Waals surface area contributed by atoms with E-state index in [0.29, 0.717) is 11.6 Å². The van der Waals surface area contributed by atoms with Crippen LogP contribution in [0.15, 0.2) is 6.07 Å². The van der Waals surface area contributed by atoms with E-state index in [1.54, 1.807) is 0 Å². The van der Waals surface area contributed by atoms with Crippen LogP contribution in [0.3, 0.4) is 0 Å². The molecule has 0 spiro atoms. The van der Waals surface area contributed by atoms with E-state index >= 15 is 0 Å². The Morgan fingerprint density at radius 2 is 2.00 bits per heavy atom. The third-order valence-electron chi connectivity index (χ3n) is 3.23. The zero-order valence-corrected chi connectivity index (χ0v) is 12.9. The predicted octanol–water partition coefficient (Wildman–Crippen LogP) is 2.35. The van der Waals surface area contributed by atoms with Gasteiger partial charge < -0.3 is 9.80 Å². The maximum absolute atomic E-state index is 9.37. The van der Waals surface area contributed by atoms with E-state index in [4.69, 9.17) is 0 Å². The number of hydrogen-bond donors (Lipinski definition) is 0. The summed E-state index contributed by atoms with van der Waals surface area (Å²) in [6, 6.07) is 4.67. The fraction of sp³-hybridized carbons (Fsp3) is 0.600. The van der Waals surface area contributed by atoms with Crippen LogP contribution in [-0.4, -0.2) is 43.1 Å². The van der Waals surface area contributed by atoms with Gasteiger partial charge in [-0.05, 0) is 47.9 Å². The maximum Gasteiger partial charge on any atom is 0.103 e. The summed E-state index contributed by atoms with van der Waals surface area (Å²) in [4.78, 5) is 8.83. The van der Waals surface area contributed by atoms with Crippen LogP contribution in [0.25, 0.3) is 0 Å². The number of aryl methyl sites for hydroxylation is 2. The van der Waals surface area contributed by atoms with E-state index in [0.717, 1.165) is 30.2 Å². The molecule has 1 atom stereocenters. The minimum atomic E-state index is 0.355. The fourth-order valence-electron chi connectivity index (χ4n) is 2.52. The molecule has 0 bridgehead atoms. The van der Waals surface area contributed by atoms with Gasteiger partial charge in [0.25, 0.3) is 0 Å². The summed E-state index contributed by atoms with van der Waals surface area (Å²) in [6.07, 6.45) is 0. The molecular formula is C15H24N4. The van der Waals surface area contributed by atoms with Crippen LogP contribution in [0, 0.1) is 25.2 Å². The zero-order chi connectivity index (χ0) is 14.6. The van der Waals surface area contributed by atoms with E-state index < -0.39 is 0 Å². The standard InChI is InChI=1S/C15H24N4/c1-7-19(12(3)10-18(5)6)15-8-11(2)17-13(4)14(15)9-16/h8,12H,7,10H2,1-6H3. The largest absolute Gasteiger partial charge is 0.367 e. The number of pyridine rings is 1. The van der Waals surface area contributed by atoms with Crippen molar-refractivity contribution in [2.75, 3.05) is 32.1 Å². The predicted molar refractivity (Wildman–Crippen MR) is 79.5 cm³/mol. The van der Waals surface area contributed by atoms with Crippen LogP contribution in [0.5, 0.6) is 0 Å². The van der Waals surface area contributed by atoms with Crippen molar-refractivity contribution in [3.8, 4) is 6.07 Å². The van der Waals surface area contributed by atoms with Crippen LogP contribution in [0.1, 0.15) is 30.8 Å².